The fourth-order valence-corrected chi connectivity index (χ4v) is 2.93. The Hall–Kier alpha value is -1.25. The Morgan fingerprint density at radius 2 is 1.04 bits per heavy atom. The molecule has 2 N–H and O–H groups in total. The molecular weight excluding hydrogens is 310 g/mol. The van der Waals surface area contributed by atoms with Gasteiger partial charge in [-0.1, -0.05) is 96.8 Å². The molecule has 1 heterocycles. The molecule has 0 saturated heterocycles. The molecule has 0 unspecified atom stereocenters. The van der Waals surface area contributed by atoms with Gasteiger partial charge < -0.3 is 10.1 Å². The summed E-state index contributed by atoms with van der Waals surface area (Å²) in [6.45, 7) is 2.27. The van der Waals surface area contributed by atoms with Crippen LogP contribution >= 0.6 is 0 Å². The molecular formula is C22H41NO2. The lowest BCUT2D eigenvalue weighted by Gasteiger charge is -2.03. The highest BCUT2D eigenvalue weighted by Gasteiger charge is 1.97. The second kappa shape index (κ2) is 20.8. The Morgan fingerprint density at radius 1 is 0.680 bits per heavy atom. The average Bonchev–Trinajstić information content (AvgIpc) is 3.18. The molecule has 0 fully saturated rings. The van der Waals surface area contributed by atoms with Crippen molar-refractivity contribution < 1.29 is 9.90 Å². The summed E-state index contributed by atoms with van der Waals surface area (Å²) in [7, 11) is 0. The highest BCUT2D eigenvalue weighted by Crippen LogP contribution is 2.13. The summed E-state index contributed by atoms with van der Waals surface area (Å²) in [5.41, 5.74) is 0. The molecule has 1 rings (SSSR count). The predicted octanol–water partition coefficient (Wildman–Crippen LogP) is 7.35. The second-order valence-electron chi connectivity index (χ2n) is 6.98. The van der Waals surface area contributed by atoms with E-state index in [1.54, 1.807) is 0 Å². The highest BCUT2D eigenvalue weighted by atomic mass is 16.4. The highest BCUT2D eigenvalue weighted by molar-refractivity contribution is 5.66. The first-order valence-corrected chi connectivity index (χ1v) is 10.6. The molecule has 0 aromatic carbocycles. The molecule has 1 aromatic heterocycles. The summed E-state index contributed by atoms with van der Waals surface area (Å²) in [4.78, 5) is 13.2. The SMILES string of the molecule is CCCCCCCCCCCCCCCCCC(=O)O.c1cc[nH]c1. The van der Waals surface area contributed by atoms with Crippen molar-refractivity contribution in [2.24, 2.45) is 0 Å². The number of rotatable bonds is 16. The molecule has 3 nitrogen and oxygen atoms in total. The van der Waals surface area contributed by atoms with Crippen LogP contribution in [0.3, 0.4) is 0 Å². The number of aromatic amines is 1. The number of nitrogens with one attached hydrogen (secondary N) is 1. The fraction of sp³-hybridized carbons (Fsp3) is 0.773. The molecule has 25 heavy (non-hydrogen) atoms. The Kier molecular flexibility index (Phi) is 19.8. The number of hydrogen-bond acceptors (Lipinski definition) is 1. The first-order valence-electron chi connectivity index (χ1n) is 10.6. The van der Waals surface area contributed by atoms with Crippen LogP contribution in [0.4, 0.5) is 0 Å². The van der Waals surface area contributed by atoms with Crippen molar-refractivity contribution in [1.82, 2.24) is 4.98 Å². The lowest BCUT2D eigenvalue weighted by atomic mass is 10.0. The van der Waals surface area contributed by atoms with Gasteiger partial charge in [-0.05, 0) is 18.6 Å². The van der Waals surface area contributed by atoms with Crippen molar-refractivity contribution in [1.29, 1.82) is 0 Å². The van der Waals surface area contributed by atoms with Crippen LogP contribution in [0.15, 0.2) is 24.5 Å². The fourth-order valence-electron chi connectivity index (χ4n) is 2.93. The largest absolute Gasteiger partial charge is 0.481 e. The summed E-state index contributed by atoms with van der Waals surface area (Å²) in [5, 5.41) is 8.52. The van der Waals surface area contributed by atoms with Gasteiger partial charge in [-0.2, -0.15) is 0 Å². The Labute approximate surface area is 155 Å². The summed E-state index contributed by atoms with van der Waals surface area (Å²) < 4.78 is 0. The molecule has 146 valence electrons. The summed E-state index contributed by atoms with van der Waals surface area (Å²) in [6.07, 6.45) is 23.9. The van der Waals surface area contributed by atoms with Gasteiger partial charge in [0, 0.05) is 18.8 Å². The maximum absolute atomic E-state index is 10.3. The smallest absolute Gasteiger partial charge is 0.303 e. The second-order valence-corrected chi connectivity index (χ2v) is 6.98. The summed E-state index contributed by atoms with van der Waals surface area (Å²) >= 11 is 0. The predicted molar refractivity (Wildman–Crippen MR) is 108 cm³/mol. The molecule has 3 heteroatoms. The minimum absolute atomic E-state index is 0.345. The van der Waals surface area contributed by atoms with Crippen LogP contribution in [-0.2, 0) is 4.79 Å². The molecule has 0 saturated carbocycles. The first-order chi connectivity index (χ1) is 12.3. The molecule has 0 aliphatic heterocycles. The van der Waals surface area contributed by atoms with Crippen LogP contribution in [0.2, 0.25) is 0 Å². The maximum atomic E-state index is 10.3. The van der Waals surface area contributed by atoms with Crippen LogP contribution in [0, 0.1) is 0 Å². The minimum Gasteiger partial charge on any atom is -0.481 e. The number of unbranched alkanes of at least 4 members (excludes halogenated alkanes) is 14. The molecule has 0 amide bonds. The number of aliphatic carboxylic acids is 1. The van der Waals surface area contributed by atoms with Crippen molar-refractivity contribution in [2.75, 3.05) is 0 Å². The minimum atomic E-state index is -0.653. The van der Waals surface area contributed by atoms with Gasteiger partial charge in [-0.3, -0.25) is 4.79 Å². The average molecular weight is 352 g/mol. The zero-order valence-electron chi connectivity index (χ0n) is 16.5. The van der Waals surface area contributed by atoms with E-state index in [0.29, 0.717) is 6.42 Å². The third-order valence-electron chi connectivity index (χ3n) is 4.49. The van der Waals surface area contributed by atoms with Gasteiger partial charge in [-0.25, -0.2) is 0 Å². The van der Waals surface area contributed by atoms with Crippen molar-refractivity contribution >= 4 is 5.97 Å². The van der Waals surface area contributed by atoms with Crippen LogP contribution in [0.5, 0.6) is 0 Å². The normalized spacial score (nSPS) is 10.3. The zero-order valence-corrected chi connectivity index (χ0v) is 16.5. The van der Waals surface area contributed by atoms with Crippen LogP contribution in [0.1, 0.15) is 110 Å². The standard InChI is InChI=1S/C18H36O2.C4H5N/c1-2-3-4-5-6-7-8-9-10-11-12-13-14-15-16-17-18(19)20;1-2-4-5-3-1/h2-17H2,1H3,(H,19,20);1-5H. The summed E-state index contributed by atoms with van der Waals surface area (Å²) in [5.74, 6) is -0.653. The number of hydrogen-bond donors (Lipinski definition) is 2. The number of carboxylic acid groups (broad SMARTS) is 1. The van der Waals surface area contributed by atoms with Crippen LogP contribution < -0.4 is 0 Å². The number of carbonyl (C=O) groups is 1. The van der Waals surface area contributed by atoms with E-state index in [2.05, 4.69) is 11.9 Å². The van der Waals surface area contributed by atoms with Gasteiger partial charge in [0.2, 0.25) is 0 Å². The van der Waals surface area contributed by atoms with Crippen LogP contribution in [-0.4, -0.2) is 16.1 Å². The van der Waals surface area contributed by atoms with E-state index in [1.807, 2.05) is 24.5 Å². The van der Waals surface area contributed by atoms with Crippen molar-refractivity contribution in [3.8, 4) is 0 Å². The van der Waals surface area contributed by atoms with Crippen LogP contribution in [0.25, 0.3) is 0 Å². The van der Waals surface area contributed by atoms with Crippen molar-refractivity contribution in [3.63, 3.8) is 0 Å². The lowest BCUT2D eigenvalue weighted by molar-refractivity contribution is -0.137. The Morgan fingerprint density at radius 3 is 1.32 bits per heavy atom. The zero-order chi connectivity index (χ0) is 18.4. The Bertz CT molecular complexity index is 332. The lowest BCUT2D eigenvalue weighted by Crippen LogP contribution is -1.93. The molecule has 1 aromatic rings. The van der Waals surface area contributed by atoms with Gasteiger partial charge in [0.25, 0.3) is 0 Å². The van der Waals surface area contributed by atoms with Gasteiger partial charge in [-0.15, -0.1) is 0 Å². The van der Waals surface area contributed by atoms with Crippen molar-refractivity contribution in [3.05, 3.63) is 24.5 Å². The molecule has 0 aliphatic rings. The van der Waals surface area contributed by atoms with E-state index >= 15 is 0 Å². The molecule has 0 bridgehead atoms. The van der Waals surface area contributed by atoms with E-state index in [-0.39, 0.29) is 0 Å². The van der Waals surface area contributed by atoms with Crippen molar-refractivity contribution in [2.45, 2.75) is 110 Å². The monoisotopic (exact) mass is 351 g/mol. The maximum Gasteiger partial charge on any atom is 0.303 e. The number of H-pyrrole nitrogens is 1. The molecule has 0 atom stereocenters. The molecule has 0 radical (unpaired) electrons. The first kappa shape index (κ1) is 23.8. The number of aromatic nitrogens is 1. The quantitative estimate of drug-likeness (QED) is 0.306. The summed E-state index contributed by atoms with van der Waals surface area (Å²) in [6, 6.07) is 3.89. The Balaban J connectivity index is 0.000000972. The third kappa shape index (κ3) is 22.8. The van der Waals surface area contributed by atoms with E-state index in [4.69, 9.17) is 5.11 Å². The van der Waals surface area contributed by atoms with E-state index in [0.717, 1.165) is 12.8 Å². The van der Waals surface area contributed by atoms with Gasteiger partial charge >= 0.3 is 5.97 Å². The van der Waals surface area contributed by atoms with Gasteiger partial charge in [0.05, 0.1) is 0 Å². The van der Waals surface area contributed by atoms with E-state index in [1.165, 1.54) is 83.5 Å². The van der Waals surface area contributed by atoms with Gasteiger partial charge in [0.15, 0.2) is 0 Å². The number of carboxylic acids is 1. The third-order valence-corrected chi connectivity index (χ3v) is 4.49. The topological polar surface area (TPSA) is 53.1 Å². The van der Waals surface area contributed by atoms with E-state index in [9.17, 15) is 4.79 Å². The molecule has 0 spiro atoms. The molecule has 0 aliphatic carbocycles. The van der Waals surface area contributed by atoms with E-state index < -0.39 is 5.97 Å². The van der Waals surface area contributed by atoms with Gasteiger partial charge in [0.1, 0.15) is 0 Å².